The number of nitrogens with zero attached hydrogens (tertiary/aromatic N) is 1. The number of nitrogens with one attached hydrogen (secondary N) is 1. The van der Waals surface area contributed by atoms with Crippen LogP contribution in [0.25, 0.3) is 10.6 Å². The van der Waals surface area contributed by atoms with Crippen molar-refractivity contribution >= 4 is 23.2 Å². The van der Waals surface area contributed by atoms with Gasteiger partial charge in [-0.2, -0.15) is 0 Å². The molecule has 1 unspecified atom stereocenters. The van der Waals surface area contributed by atoms with Crippen molar-refractivity contribution in [2.45, 2.75) is 45.9 Å². The largest absolute Gasteiger partial charge is 0.493 e. The molecule has 0 aliphatic rings. The van der Waals surface area contributed by atoms with Crippen molar-refractivity contribution in [3.05, 3.63) is 64.2 Å². The third kappa shape index (κ3) is 6.58. The minimum Gasteiger partial charge on any atom is -0.493 e. The highest BCUT2D eigenvalue weighted by Crippen LogP contribution is 2.34. The zero-order valence-electron chi connectivity index (χ0n) is 20.5. The number of carbonyl (C=O) groups excluding carboxylic acids is 1. The van der Waals surface area contributed by atoms with Gasteiger partial charge < -0.3 is 24.6 Å². The summed E-state index contributed by atoms with van der Waals surface area (Å²) in [5.74, 6) is -0.374. The molecule has 0 bridgehead atoms. The van der Waals surface area contributed by atoms with Gasteiger partial charge in [-0.1, -0.05) is 30.3 Å². The van der Waals surface area contributed by atoms with Crippen molar-refractivity contribution in [1.29, 1.82) is 0 Å². The molecule has 8 nitrogen and oxygen atoms in total. The Morgan fingerprint density at radius 3 is 2.43 bits per heavy atom. The van der Waals surface area contributed by atoms with Crippen molar-refractivity contribution in [2.24, 2.45) is 0 Å². The number of hydrogen-bond donors (Lipinski definition) is 2. The van der Waals surface area contributed by atoms with E-state index in [4.69, 9.17) is 14.2 Å². The van der Waals surface area contributed by atoms with Gasteiger partial charge in [0.25, 0.3) is 5.91 Å². The first-order chi connectivity index (χ1) is 16.7. The Balaban J connectivity index is 1.82. The summed E-state index contributed by atoms with van der Waals surface area (Å²) in [7, 11) is 3.03. The molecule has 9 heteroatoms. The van der Waals surface area contributed by atoms with Gasteiger partial charge in [-0.05, 0) is 38.5 Å². The van der Waals surface area contributed by atoms with Gasteiger partial charge in [0, 0.05) is 24.1 Å². The lowest BCUT2D eigenvalue weighted by Gasteiger charge is -2.19. The number of carboxylic acid groups (broad SMARTS) is 1. The molecule has 0 aliphatic heterocycles. The van der Waals surface area contributed by atoms with Crippen LogP contribution in [-0.2, 0) is 22.5 Å². The molecule has 1 heterocycles. The quantitative estimate of drug-likeness (QED) is 0.401. The second-order valence-corrected chi connectivity index (χ2v) is 9.19. The number of rotatable bonds is 11. The molecule has 0 aliphatic carbocycles. The number of carbonyl (C=O) groups is 2. The maximum atomic E-state index is 13.0. The monoisotopic (exact) mass is 498 g/mol. The van der Waals surface area contributed by atoms with Crippen molar-refractivity contribution in [3.63, 3.8) is 0 Å². The lowest BCUT2D eigenvalue weighted by molar-refractivity contribution is -0.153. The second kappa shape index (κ2) is 11.8. The van der Waals surface area contributed by atoms with E-state index in [2.05, 4.69) is 10.3 Å². The van der Waals surface area contributed by atoms with E-state index in [9.17, 15) is 14.7 Å². The van der Waals surface area contributed by atoms with Crippen LogP contribution < -0.4 is 14.8 Å². The molecule has 0 radical (unpaired) electrons. The highest BCUT2D eigenvalue weighted by molar-refractivity contribution is 7.17. The van der Waals surface area contributed by atoms with Crippen LogP contribution in [-0.4, -0.2) is 48.4 Å². The van der Waals surface area contributed by atoms with Gasteiger partial charge in [0.2, 0.25) is 0 Å². The third-order valence-electron chi connectivity index (χ3n) is 5.21. The lowest BCUT2D eigenvalue weighted by Crippen LogP contribution is -2.29. The highest BCUT2D eigenvalue weighted by Gasteiger charge is 2.23. The molecule has 2 aromatic carbocycles. The predicted octanol–water partition coefficient (Wildman–Crippen LogP) is 4.49. The fourth-order valence-electron chi connectivity index (χ4n) is 3.66. The van der Waals surface area contributed by atoms with Gasteiger partial charge in [0.15, 0.2) is 17.6 Å². The molecule has 0 fully saturated rings. The number of methoxy groups -OCH3 is 2. The van der Waals surface area contributed by atoms with Gasteiger partial charge in [-0.3, -0.25) is 4.79 Å². The second-order valence-electron chi connectivity index (χ2n) is 8.19. The summed E-state index contributed by atoms with van der Waals surface area (Å²) in [6.45, 7) is 5.54. The molecular weight excluding hydrogens is 468 g/mol. The Morgan fingerprint density at radius 1 is 1.11 bits per heavy atom. The number of aromatic nitrogens is 1. The maximum Gasteiger partial charge on any atom is 0.333 e. The Morgan fingerprint density at radius 2 is 1.83 bits per heavy atom. The molecule has 186 valence electrons. The van der Waals surface area contributed by atoms with Crippen LogP contribution >= 0.6 is 11.3 Å². The standard InChI is InChI=1S/C26H30N2O6S/c1-15(2)34-21(26(30)31)13-17-11-19(22(33-5)20(12-17)32-4)14-27-24(29)23-16(3)28-25(35-23)18-9-7-6-8-10-18/h6-12,15,21H,13-14H2,1-5H3,(H,27,29)(H,30,31). The van der Waals surface area contributed by atoms with E-state index in [0.29, 0.717) is 33.2 Å². The van der Waals surface area contributed by atoms with Crippen LogP contribution in [0.5, 0.6) is 11.5 Å². The molecule has 1 atom stereocenters. The highest BCUT2D eigenvalue weighted by atomic mass is 32.1. The minimum absolute atomic E-state index is 0.142. The van der Waals surface area contributed by atoms with Gasteiger partial charge in [0.05, 0.1) is 26.0 Å². The van der Waals surface area contributed by atoms with Crippen molar-refractivity contribution < 1.29 is 28.9 Å². The Labute approximate surface area is 208 Å². The fraction of sp³-hybridized carbons (Fsp3) is 0.346. The van der Waals surface area contributed by atoms with E-state index in [-0.39, 0.29) is 25.0 Å². The van der Waals surface area contributed by atoms with Gasteiger partial charge in [0.1, 0.15) is 9.88 Å². The molecule has 0 spiro atoms. The Kier molecular flexibility index (Phi) is 8.84. The van der Waals surface area contributed by atoms with Crippen LogP contribution in [0.3, 0.4) is 0 Å². The van der Waals surface area contributed by atoms with Crippen LogP contribution in [0.15, 0.2) is 42.5 Å². The van der Waals surface area contributed by atoms with E-state index in [1.807, 2.05) is 37.3 Å². The summed E-state index contributed by atoms with van der Waals surface area (Å²) in [6.07, 6.45) is -1.10. The number of amides is 1. The number of thiazole rings is 1. The molecule has 1 amide bonds. The molecule has 2 N–H and O–H groups in total. The van der Waals surface area contributed by atoms with Crippen molar-refractivity contribution in [1.82, 2.24) is 10.3 Å². The van der Waals surface area contributed by atoms with Crippen molar-refractivity contribution in [3.8, 4) is 22.1 Å². The topological polar surface area (TPSA) is 107 Å². The van der Waals surface area contributed by atoms with E-state index >= 15 is 0 Å². The van der Waals surface area contributed by atoms with Gasteiger partial charge >= 0.3 is 5.97 Å². The fourth-order valence-corrected chi connectivity index (χ4v) is 4.65. The summed E-state index contributed by atoms with van der Waals surface area (Å²) in [5, 5.41) is 13.3. The molecule has 1 aromatic heterocycles. The first-order valence-electron chi connectivity index (χ1n) is 11.2. The minimum atomic E-state index is -1.04. The first-order valence-corrected chi connectivity index (χ1v) is 12.0. The molecular formula is C26H30N2O6S. The zero-order valence-corrected chi connectivity index (χ0v) is 21.3. The van der Waals surface area contributed by atoms with Crippen LogP contribution in [0.2, 0.25) is 0 Å². The van der Waals surface area contributed by atoms with E-state index in [1.165, 1.54) is 25.6 Å². The van der Waals surface area contributed by atoms with Gasteiger partial charge in [-0.15, -0.1) is 11.3 Å². The number of benzene rings is 2. The summed E-state index contributed by atoms with van der Waals surface area (Å²) >= 11 is 1.33. The van der Waals surface area contributed by atoms with Crippen molar-refractivity contribution in [2.75, 3.05) is 14.2 Å². The average Bonchev–Trinajstić information content (AvgIpc) is 3.23. The Bertz CT molecular complexity index is 1180. The Hall–Kier alpha value is -3.43. The average molecular weight is 499 g/mol. The SMILES string of the molecule is COc1cc(CC(OC(C)C)C(=O)O)cc(CNC(=O)c2sc(-c3ccccc3)nc2C)c1OC. The molecule has 35 heavy (non-hydrogen) atoms. The first kappa shape index (κ1) is 26.2. The maximum absolute atomic E-state index is 13.0. The smallest absolute Gasteiger partial charge is 0.333 e. The molecule has 0 saturated heterocycles. The van der Waals surface area contributed by atoms with Crippen LogP contribution in [0.1, 0.15) is 40.3 Å². The molecule has 0 saturated carbocycles. The number of aryl methyl sites for hydroxylation is 1. The van der Waals surface area contributed by atoms with Crippen LogP contribution in [0.4, 0.5) is 0 Å². The van der Waals surface area contributed by atoms with Crippen LogP contribution in [0, 0.1) is 6.92 Å². The normalized spacial score (nSPS) is 11.8. The number of hydrogen-bond acceptors (Lipinski definition) is 7. The van der Waals surface area contributed by atoms with E-state index < -0.39 is 12.1 Å². The number of aliphatic carboxylic acids is 1. The molecule has 3 aromatic rings. The lowest BCUT2D eigenvalue weighted by atomic mass is 10.0. The zero-order chi connectivity index (χ0) is 25.5. The number of ether oxygens (including phenoxy) is 3. The summed E-state index contributed by atoms with van der Waals surface area (Å²) in [6, 6.07) is 13.2. The molecule has 3 rings (SSSR count). The predicted molar refractivity (Wildman–Crippen MR) is 134 cm³/mol. The number of carboxylic acids is 1. The van der Waals surface area contributed by atoms with E-state index in [0.717, 1.165) is 10.6 Å². The van der Waals surface area contributed by atoms with Gasteiger partial charge in [-0.25, -0.2) is 9.78 Å². The summed E-state index contributed by atoms with van der Waals surface area (Å²) in [4.78, 5) is 29.7. The van der Waals surface area contributed by atoms with E-state index in [1.54, 1.807) is 26.0 Å². The summed E-state index contributed by atoms with van der Waals surface area (Å²) < 4.78 is 16.5. The third-order valence-corrected chi connectivity index (χ3v) is 6.42. The summed E-state index contributed by atoms with van der Waals surface area (Å²) in [5.41, 5.74) is 2.96.